The number of hydrogen-bond donors (Lipinski definition) is 1. The maximum absolute atomic E-state index is 12.4. The van der Waals surface area contributed by atoms with Crippen LogP contribution in [0.3, 0.4) is 0 Å². The van der Waals surface area contributed by atoms with Gasteiger partial charge < -0.3 is 10.2 Å². The van der Waals surface area contributed by atoms with Gasteiger partial charge in [-0.3, -0.25) is 14.5 Å². The molecule has 0 aromatic carbocycles. The van der Waals surface area contributed by atoms with Crippen LogP contribution in [0.1, 0.15) is 59.8 Å². The summed E-state index contributed by atoms with van der Waals surface area (Å²) >= 11 is 0. The molecule has 2 rings (SSSR count). The van der Waals surface area contributed by atoms with Gasteiger partial charge in [0.15, 0.2) is 0 Å². The minimum Gasteiger partial charge on any atom is -0.354 e. The van der Waals surface area contributed by atoms with E-state index in [1.807, 2.05) is 32.6 Å². The molecular weight excluding hydrogens is 314 g/mol. The van der Waals surface area contributed by atoms with Crippen LogP contribution in [0, 0.1) is 5.41 Å². The van der Waals surface area contributed by atoms with Gasteiger partial charge in [-0.2, -0.15) is 0 Å². The van der Waals surface area contributed by atoms with Gasteiger partial charge in [-0.15, -0.1) is 0 Å². The maximum atomic E-state index is 12.4. The van der Waals surface area contributed by atoms with Crippen LogP contribution in [0.15, 0.2) is 11.6 Å². The SMILES string of the molecule is CC(C(=O)NCCC1=CCCCC1)N1CCN(C(=O)C(C)(C)C)CC1. The average Bonchev–Trinajstić information content (AvgIpc) is 2.60. The Morgan fingerprint density at radius 2 is 1.84 bits per heavy atom. The van der Waals surface area contributed by atoms with Gasteiger partial charge in [0, 0.05) is 38.1 Å². The standard InChI is InChI=1S/C20H35N3O2/c1-16(18(24)21-11-10-17-8-6-5-7-9-17)22-12-14-23(15-13-22)19(25)20(2,3)4/h8,16H,5-7,9-15H2,1-4H3,(H,21,24). The van der Waals surface area contributed by atoms with E-state index in [9.17, 15) is 9.59 Å². The van der Waals surface area contributed by atoms with E-state index in [4.69, 9.17) is 0 Å². The zero-order chi connectivity index (χ0) is 18.4. The number of nitrogens with zero attached hydrogens (tertiary/aromatic N) is 2. The molecule has 1 aliphatic heterocycles. The monoisotopic (exact) mass is 349 g/mol. The van der Waals surface area contributed by atoms with E-state index in [1.165, 1.54) is 31.3 Å². The molecule has 0 bridgehead atoms. The lowest BCUT2D eigenvalue weighted by molar-refractivity contribution is -0.142. The molecule has 2 amide bonds. The zero-order valence-corrected chi connectivity index (χ0v) is 16.4. The van der Waals surface area contributed by atoms with Gasteiger partial charge >= 0.3 is 0 Å². The number of carbonyl (C=O) groups excluding carboxylic acids is 2. The second kappa shape index (κ2) is 8.84. The molecule has 25 heavy (non-hydrogen) atoms. The molecule has 0 aromatic heterocycles. The molecule has 1 heterocycles. The number of amides is 2. The fraction of sp³-hybridized carbons (Fsp3) is 0.800. The highest BCUT2D eigenvalue weighted by Gasteiger charge is 2.32. The molecule has 1 unspecified atom stereocenters. The van der Waals surface area contributed by atoms with E-state index in [1.54, 1.807) is 0 Å². The van der Waals surface area contributed by atoms with E-state index in [0.29, 0.717) is 13.1 Å². The fourth-order valence-corrected chi connectivity index (χ4v) is 3.58. The van der Waals surface area contributed by atoms with Crippen molar-refractivity contribution in [2.75, 3.05) is 32.7 Å². The Kier molecular flexibility index (Phi) is 7.05. The lowest BCUT2D eigenvalue weighted by Crippen LogP contribution is -2.56. The summed E-state index contributed by atoms with van der Waals surface area (Å²) in [6, 6.07) is -0.132. The first-order valence-electron chi connectivity index (χ1n) is 9.78. The number of hydrogen-bond acceptors (Lipinski definition) is 3. The van der Waals surface area contributed by atoms with Gasteiger partial charge in [0.1, 0.15) is 0 Å². The van der Waals surface area contributed by atoms with Gasteiger partial charge in [-0.25, -0.2) is 0 Å². The van der Waals surface area contributed by atoms with Crippen LogP contribution in [-0.4, -0.2) is 60.4 Å². The summed E-state index contributed by atoms with van der Waals surface area (Å²) in [5.41, 5.74) is 1.16. The third-order valence-electron chi connectivity index (χ3n) is 5.30. The molecule has 142 valence electrons. The molecule has 0 radical (unpaired) electrons. The molecule has 2 aliphatic rings. The normalized spacial score (nSPS) is 20.8. The average molecular weight is 350 g/mol. The number of nitrogens with one attached hydrogen (secondary N) is 1. The molecule has 1 N–H and O–H groups in total. The van der Waals surface area contributed by atoms with Crippen LogP contribution < -0.4 is 5.32 Å². The van der Waals surface area contributed by atoms with E-state index >= 15 is 0 Å². The van der Waals surface area contributed by atoms with Crippen LogP contribution in [0.4, 0.5) is 0 Å². The minimum atomic E-state index is -0.334. The van der Waals surface area contributed by atoms with E-state index in [2.05, 4.69) is 16.3 Å². The Balaban J connectivity index is 1.72. The Hall–Kier alpha value is -1.36. The van der Waals surface area contributed by atoms with E-state index < -0.39 is 0 Å². The number of allylic oxidation sites excluding steroid dienone is 1. The molecule has 5 heteroatoms. The highest BCUT2D eigenvalue weighted by molar-refractivity contribution is 5.82. The third kappa shape index (κ3) is 5.84. The third-order valence-corrected chi connectivity index (χ3v) is 5.30. The Bertz CT molecular complexity index is 500. The van der Waals surface area contributed by atoms with Crippen LogP contribution in [0.25, 0.3) is 0 Å². The molecule has 0 saturated carbocycles. The number of piperazine rings is 1. The molecule has 1 fully saturated rings. The summed E-state index contributed by atoms with van der Waals surface area (Å²) in [5.74, 6) is 0.303. The Labute approximate surface area is 152 Å². The van der Waals surface area contributed by atoms with Crippen LogP contribution >= 0.6 is 0 Å². The second-order valence-corrected chi connectivity index (χ2v) is 8.40. The van der Waals surface area contributed by atoms with Crippen LogP contribution in [0.2, 0.25) is 0 Å². The lowest BCUT2D eigenvalue weighted by atomic mass is 9.94. The van der Waals surface area contributed by atoms with Gasteiger partial charge in [0.05, 0.1) is 6.04 Å². The summed E-state index contributed by atoms with van der Waals surface area (Å²) in [7, 11) is 0. The summed E-state index contributed by atoms with van der Waals surface area (Å²) in [5, 5.41) is 3.08. The van der Waals surface area contributed by atoms with Crippen molar-refractivity contribution in [3.05, 3.63) is 11.6 Å². The molecule has 0 aromatic rings. The lowest BCUT2D eigenvalue weighted by Gasteiger charge is -2.39. The summed E-state index contributed by atoms with van der Waals surface area (Å²) in [6.07, 6.45) is 8.29. The largest absolute Gasteiger partial charge is 0.354 e. The fourth-order valence-electron chi connectivity index (χ4n) is 3.58. The minimum absolute atomic E-state index is 0.104. The van der Waals surface area contributed by atoms with Crippen LogP contribution in [-0.2, 0) is 9.59 Å². The predicted molar refractivity (Wildman–Crippen MR) is 101 cm³/mol. The first-order chi connectivity index (χ1) is 11.8. The van der Waals surface area contributed by atoms with Crippen molar-refractivity contribution in [1.82, 2.24) is 15.1 Å². The maximum Gasteiger partial charge on any atom is 0.237 e. The Morgan fingerprint density at radius 1 is 1.16 bits per heavy atom. The number of rotatable bonds is 5. The Morgan fingerprint density at radius 3 is 2.40 bits per heavy atom. The van der Waals surface area contributed by atoms with Crippen molar-refractivity contribution in [3.63, 3.8) is 0 Å². The molecule has 5 nitrogen and oxygen atoms in total. The van der Waals surface area contributed by atoms with E-state index in [0.717, 1.165) is 26.1 Å². The summed E-state index contributed by atoms with van der Waals surface area (Å²) in [4.78, 5) is 28.9. The molecule has 0 spiro atoms. The topological polar surface area (TPSA) is 52.7 Å². The van der Waals surface area contributed by atoms with Crippen molar-refractivity contribution in [2.24, 2.45) is 5.41 Å². The van der Waals surface area contributed by atoms with E-state index in [-0.39, 0.29) is 23.3 Å². The zero-order valence-electron chi connectivity index (χ0n) is 16.4. The van der Waals surface area contributed by atoms with Gasteiger partial charge in [0.2, 0.25) is 11.8 Å². The summed E-state index contributed by atoms with van der Waals surface area (Å²) in [6.45, 7) is 11.5. The first kappa shape index (κ1) is 20.0. The van der Waals surface area contributed by atoms with Crippen molar-refractivity contribution < 1.29 is 9.59 Å². The molecule has 1 saturated heterocycles. The predicted octanol–water partition coefficient (Wildman–Crippen LogP) is 2.57. The summed E-state index contributed by atoms with van der Waals surface area (Å²) < 4.78 is 0. The highest BCUT2D eigenvalue weighted by atomic mass is 16.2. The van der Waals surface area contributed by atoms with Crippen molar-refractivity contribution in [2.45, 2.75) is 65.8 Å². The van der Waals surface area contributed by atoms with Crippen LogP contribution in [0.5, 0.6) is 0 Å². The first-order valence-corrected chi connectivity index (χ1v) is 9.78. The van der Waals surface area contributed by atoms with Crippen molar-refractivity contribution in [3.8, 4) is 0 Å². The highest BCUT2D eigenvalue weighted by Crippen LogP contribution is 2.20. The second-order valence-electron chi connectivity index (χ2n) is 8.40. The van der Waals surface area contributed by atoms with Gasteiger partial charge in [0.25, 0.3) is 0 Å². The molecule has 1 aliphatic carbocycles. The van der Waals surface area contributed by atoms with Crippen molar-refractivity contribution in [1.29, 1.82) is 0 Å². The molecule has 1 atom stereocenters. The molecular formula is C20H35N3O2. The number of carbonyl (C=O) groups is 2. The van der Waals surface area contributed by atoms with Gasteiger partial charge in [-0.1, -0.05) is 32.4 Å². The smallest absolute Gasteiger partial charge is 0.237 e. The quantitative estimate of drug-likeness (QED) is 0.776. The van der Waals surface area contributed by atoms with Gasteiger partial charge in [-0.05, 0) is 39.0 Å². The van der Waals surface area contributed by atoms with Crippen molar-refractivity contribution >= 4 is 11.8 Å².